The second kappa shape index (κ2) is 9.37. The van der Waals surface area contributed by atoms with Crippen molar-refractivity contribution in [3.05, 3.63) is 89.6 Å². The Morgan fingerprint density at radius 2 is 1.89 bits per heavy atom. The van der Waals surface area contributed by atoms with E-state index < -0.39 is 23.7 Å². The van der Waals surface area contributed by atoms with Gasteiger partial charge in [0.25, 0.3) is 0 Å². The largest absolute Gasteiger partial charge is 0.478 e. The zero-order chi connectivity index (χ0) is 25.2. The van der Waals surface area contributed by atoms with Crippen molar-refractivity contribution in [2.24, 2.45) is 0 Å². The molecule has 35 heavy (non-hydrogen) atoms. The molecule has 2 heterocycles. The van der Waals surface area contributed by atoms with Crippen molar-refractivity contribution in [3.8, 4) is 16.9 Å². The molecule has 11 heteroatoms. The average molecular weight is 483 g/mol. The van der Waals surface area contributed by atoms with Crippen molar-refractivity contribution in [2.75, 3.05) is 5.32 Å². The third-order valence-electron chi connectivity index (χ3n) is 4.84. The van der Waals surface area contributed by atoms with Gasteiger partial charge in [-0.15, -0.1) is 0 Å². The van der Waals surface area contributed by atoms with Gasteiger partial charge in [-0.2, -0.15) is 23.3 Å². The van der Waals surface area contributed by atoms with E-state index in [1.807, 2.05) is 0 Å². The third kappa shape index (κ3) is 5.52. The van der Waals surface area contributed by atoms with Crippen molar-refractivity contribution in [2.45, 2.75) is 13.1 Å². The Kier molecular flexibility index (Phi) is 6.32. The van der Waals surface area contributed by atoms with Crippen molar-refractivity contribution in [3.63, 3.8) is 0 Å². The molecular formula is C24H17F4N5O2. The van der Waals surface area contributed by atoms with E-state index in [-0.39, 0.29) is 17.5 Å². The Labute approximate surface area is 196 Å². The van der Waals surface area contributed by atoms with Gasteiger partial charge in [0.1, 0.15) is 5.82 Å². The summed E-state index contributed by atoms with van der Waals surface area (Å²) in [5.74, 6) is -1.55. The van der Waals surface area contributed by atoms with Gasteiger partial charge in [-0.25, -0.2) is 18.9 Å². The zero-order valence-electron chi connectivity index (χ0n) is 18.1. The molecule has 4 rings (SSSR count). The number of aliphatic carboxylic acids is 1. The molecule has 0 unspecified atom stereocenters. The molecule has 0 fully saturated rings. The molecule has 0 amide bonds. The molecular weight excluding hydrogens is 466 g/mol. The maximum Gasteiger partial charge on any atom is 0.435 e. The lowest BCUT2D eigenvalue weighted by Gasteiger charge is -2.13. The van der Waals surface area contributed by atoms with E-state index in [1.54, 1.807) is 30.3 Å². The standard InChI is InChI=1S/C24H17F4N5O2/c1-14-10-20(24(26,27)28)32-33(14)22-19(16-5-2-4-15(11-16)8-9-21(34)35)13-29-23(31-22)30-18-7-3-6-17(25)12-18/h2-13H,1H3,(H,34,35)(H,29,30,31)/b9-8+. The van der Waals surface area contributed by atoms with Crippen LogP contribution in [0.25, 0.3) is 23.0 Å². The number of hydrogen-bond donors (Lipinski definition) is 2. The Balaban J connectivity index is 1.85. The second-order valence-corrected chi connectivity index (χ2v) is 7.44. The summed E-state index contributed by atoms with van der Waals surface area (Å²) in [6.45, 7) is 1.46. The highest BCUT2D eigenvalue weighted by molar-refractivity contribution is 5.86. The van der Waals surface area contributed by atoms with E-state index in [0.29, 0.717) is 22.4 Å². The van der Waals surface area contributed by atoms with Gasteiger partial charge in [-0.3, -0.25) is 0 Å². The lowest BCUT2D eigenvalue weighted by molar-refractivity contribution is -0.141. The molecule has 178 valence electrons. The SMILES string of the molecule is Cc1cc(C(F)(F)F)nn1-c1nc(Nc2cccc(F)c2)ncc1-c1cccc(/C=C/C(=O)O)c1. The number of halogens is 4. The van der Waals surface area contributed by atoms with Crippen molar-refractivity contribution in [1.29, 1.82) is 0 Å². The predicted molar refractivity (Wildman–Crippen MR) is 121 cm³/mol. The Morgan fingerprint density at radius 1 is 1.11 bits per heavy atom. The van der Waals surface area contributed by atoms with Crippen LogP contribution >= 0.6 is 0 Å². The van der Waals surface area contributed by atoms with Crippen molar-refractivity contribution >= 4 is 23.7 Å². The molecule has 4 aromatic rings. The fraction of sp³-hybridized carbons (Fsp3) is 0.0833. The first kappa shape index (κ1) is 23.6. The number of carbonyl (C=O) groups is 1. The fourth-order valence-electron chi connectivity index (χ4n) is 3.30. The normalized spacial score (nSPS) is 11.7. The molecule has 0 aliphatic carbocycles. The number of anilines is 2. The predicted octanol–water partition coefficient (Wildman–Crippen LogP) is 5.64. The van der Waals surface area contributed by atoms with Crippen LogP contribution in [0.2, 0.25) is 0 Å². The molecule has 0 saturated heterocycles. The molecule has 0 atom stereocenters. The smallest absolute Gasteiger partial charge is 0.435 e. The Hall–Kier alpha value is -4.54. The van der Waals surface area contributed by atoms with Gasteiger partial charge in [0.2, 0.25) is 5.95 Å². The van der Waals surface area contributed by atoms with Gasteiger partial charge in [0, 0.05) is 29.2 Å². The highest BCUT2D eigenvalue weighted by Gasteiger charge is 2.35. The topological polar surface area (TPSA) is 92.9 Å². The van der Waals surface area contributed by atoms with Crippen molar-refractivity contribution in [1.82, 2.24) is 19.7 Å². The van der Waals surface area contributed by atoms with Crippen LogP contribution in [0.15, 0.2) is 66.9 Å². The van der Waals surface area contributed by atoms with Crippen LogP contribution in [0.1, 0.15) is 17.0 Å². The number of carboxylic acid groups (broad SMARTS) is 1. The third-order valence-corrected chi connectivity index (χ3v) is 4.84. The average Bonchev–Trinajstić information content (AvgIpc) is 3.20. The summed E-state index contributed by atoms with van der Waals surface area (Å²) in [6.07, 6.45) is -0.908. The van der Waals surface area contributed by atoms with E-state index in [9.17, 15) is 22.4 Å². The molecule has 2 aromatic carbocycles. The first-order valence-corrected chi connectivity index (χ1v) is 10.2. The van der Waals surface area contributed by atoms with Gasteiger partial charge in [-0.05, 0) is 54.5 Å². The minimum Gasteiger partial charge on any atom is -0.478 e. The number of nitrogens with one attached hydrogen (secondary N) is 1. The second-order valence-electron chi connectivity index (χ2n) is 7.44. The number of alkyl halides is 3. The molecule has 2 aromatic heterocycles. The summed E-state index contributed by atoms with van der Waals surface area (Å²) in [5, 5.41) is 15.4. The summed E-state index contributed by atoms with van der Waals surface area (Å²) in [6, 6.07) is 13.1. The Morgan fingerprint density at radius 3 is 2.57 bits per heavy atom. The number of carboxylic acids is 1. The molecule has 0 saturated carbocycles. The quantitative estimate of drug-likeness (QED) is 0.273. The van der Waals surface area contributed by atoms with Crippen LogP contribution in [0, 0.1) is 12.7 Å². The van der Waals surface area contributed by atoms with E-state index in [1.165, 1.54) is 37.4 Å². The van der Waals surface area contributed by atoms with Gasteiger partial charge in [0.15, 0.2) is 11.5 Å². The minimum atomic E-state index is -4.66. The number of aromatic nitrogens is 4. The number of aryl methyl sites for hydroxylation is 1. The van der Waals surface area contributed by atoms with Crippen LogP contribution in [0.5, 0.6) is 0 Å². The summed E-state index contributed by atoms with van der Waals surface area (Å²) in [5.41, 5.74) is 0.852. The van der Waals surface area contributed by atoms with Crippen LogP contribution in [0.3, 0.4) is 0 Å². The number of benzene rings is 2. The fourth-order valence-corrected chi connectivity index (χ4v) is 3.30. The molecule has 0 spiro atoms. The van der Waals surface area contributed by atoms with Crippen LogP contribution in [0.4, 0.5) is 29.2 Å². The molecule has 0 bridgehead atoms. The summed E-state index contributed by atoms with van der Waals surface area (Å²) in [4.78, 5) is 19.5. The first-order valence-electron chi connectivity index (χ1n) is 10.2. The summed E-state index contributed by atoms with van der Waals surface area (Å²) in [7, 11) is 0. The van der Waals surface area contributed by atoms with E-state index in [0.717, 1.165) is 16.8 Å². The van der Waals surface area contributed by atoms with Crippen molar-refractivity contribution < 1.29 is 27.5 Å². The molecule has 7 nitrogen and oxygen atoms in total. The van der Waals surface area contributed by atoms with Crippen LogP contribution < -0.4 is 5.32 Å². The Bertz CT molecular complexity index is 1430. The highest BCUT2D eigenvalue weighted by Crippen LogP contribution is 2.32. The van der Waals surface area contributed by atoms with Gasteiger partial charge in [-0.1, -0.05) is 24.3 Å². The summed E-state index contributed by atoms with van der Waals surface area (Å²) < 4.78 is 54.6. The maximum absolute atomic E-state index is 13.6. The number of hydrogen-bond acceptors (Lipinski definition) is 5. The van der Waals surface area contributed by atoms with E-state index in [4.69, 9.17) is 5.11 Å². The number of rotatable bonds is 6. The molecule has 0 aliphatic rings. The number of nitrogens with zero attached hydrogens (tertiary/aromatic N) is 4. The van der Waals surface area contributed by atoms with Crippen LogP contribution in [-0.2, 0) is 11.0 Å². The lowest BCUT2D eigenvalue weighted by Crippen LogP contribution is -2.10. The molecule has 0 radical (unpaired) electrons. The minimum absolute atomic E-state index is 0.0136. The van der Waals surface area contributed by atoms with Gasteiger partial charge in [0.05, 0.1) is 0 Å². The molecule has 2 N–H and O–H groups in total. The first-order chi connectivity index (χ1) is 16.6. The maximum atomic E-state index is 13.6. The van der Waals surface area contributed by atoms with E-state index >= 15 is 0 Å². The van der Waals surface area contributed by atoms with Gasteiger partial charge >= 0.3 is 12.1 Å². The van der Waals surface area contributed by atoms with Crippen LogP contribution in [-0.4, -0.2) is 30.8 Å². The molecule has 0 aliphatic heterocycles. The summed E-state index contributed by atoms with van der Waals surface area (Å²) >= 11 is 0. The lowest BCUT2D eigenvalue weighted by atomic mass is 10.0. The highest BCUT2D eigenvalue weighted by atomic mass is 19.4. The zero-order valence-corrected chi connectivity index (χ0v) is 18.1. The monoisotopic (exact) mass is 483 g/mol. The van der Waals surface area contributed by atoms with Gasteiger partial charge < -0.3 is 10.4 Å². The van der Waals surface area contributed by atoms with E-state index in [2.05, 4.69) is 20.4 Å².